The van der Waals surface area contributed by atoms with Gasteiger partial charge in [-0.25, -0.2) is 0 Å². The molecule has 3 amide bonds. The summed E-state index contributed by atoms with van der Waals surface area (Å²) >= 11 is 0. The molecule has 0 aromatic heterocycles. The second kappa shape index (κ2) is 11.6. The minimum absolute atomic E-state index is 0.0471. The van der Waals surface area contributed by atoms with E-state index in [0.717, 1.165) is 44.1 Å². The van der Waals surface area contributed by atoms with Crippen molar-refractivity contribution in [2.75, 3.05) is 6.54 Å². The molecule has 5 heteroatoms. The molecule has 0 radical (unpaired) electrons. The zero-order valence-electron chi connectivity index (χ0n) is 19.2. The molecule has 0 bridgehead atoms. The summed E-state index contributed by atoms with van der Waals surface area (Å²) in [5.74, 6) is 0.0975. The molecule has 0 aliphatic carbocycles. The molecule has 1 heterocycles. The third-order valence-electron chi connectivity index (χ3n) is 6.06. The van der Waals surface area contributed by atoms with Gasteiger partial charge in [-0.15, -0.1) is 0 Å². The Kier molecular flexibility index (Phi) is 8.60. The zero-order valence-corrected chi connectivity index (χ0v) is 19.2. The van der Waals surface area contributed by atoms with E-state index >= 15 is 0 Å². The summed E-state index contributed by atoms with van der Waals surface area (Å²) in [6.45, 7) is 4.73. The molecule has 0 saturated carbocycles. The highest BCUT2D eigenvalue weighted by Crippen LogP contribution is 2.23. The fraction of sp³-hybridized carbons (Fsp3) is 0.444. The predicted molar refractivity (Wildman–Crippen MR) is 126 cm³/mol. The number of nitrogens with one attached hydrogen (secondary N) is 1. The van der Waals surface area contributed by atoms with Crippen LogP contribution in [0.15, 0.2) is 54.6 Å². The summed E-state index contributed by atoms with van der Waals surface area (Å²) in [5, 5.41) is 3.18. The Balaban J connectivity index is 1.28. The van der Waals surface area contributed by atoms with E-state index < -0.39 is 0 Å². The quantitative estimate of drug-likeness (QED) is 0.353. The lowest BCUT2D eigenvalue weighted by Crippen LogP contribution is -2.31. The maximum atomic E-state index is 12.4. The van der Waals surface area contributed by atoms with E-state index in [4.69, 9.17) is 0 Å². The molecule has 2 aromatic carbocycles. The van der Waals surface area contributed by atoms with Crippen molar-refractivity contribution in [3.8, 4) is 0 Å². The van der Waals surface area contributed by atoms with Crippen molar-refractivity contribution in [1.29, 1.82) is 0 Å². The van der Waals surface area contributed by atoms with Gasteiger partial charge in [-0.1, -0.05) is 82.0 Å². The SMILES string of the molecule is CC(C)C(NC(=O)CCCCCCCCN1C(=O)c2ccccc2C1=O)c1ccccc1. The summed E-state index contributed by atoms with van der Waals surface area (Å²) in [4.78, 5) is 38.5. The number of unbranched alkanes of at least 4 members (excludes halogenated alkanes) is 5. The zero-order chi connectivity index (χ0) is 22.9. The molecule has 32 heavy (non-hydrogen) atoms. The molecule has 170 valence electrons. The van der Waals surface area contributed by atoms with E-state index in [1.807, 2.05) is 18.2 Å². The second-order valence-corrected chi connectivity index (χ2v) is 8.88. The van der Waals surface area contributed by atoms with Gasteiger partial charge in [-0.2, -0.15) is 0 Å². The van der Waals surface area contributed by atoms with Crippen LogP contribution in [0.25, 0.3) is 0 Å². The standard InChI is InChI=1S/C27H34N2O3/c1-20(2)25(21-14-8-7-9-15-21)28-24(30)18-10-5-3-4-6-13-19-29-26(31)22-16-11-12-17-23(22)27(29)32/h7-9,11-12,14-17,20,25H,3-6,10,13,18-19H2,1-2H3,(H,28,30). The third-order valence-corrected chi connectivity index (χ3v) is 6.06. The van der Waals surface area contributed by atoms with Crippen LogP contribution >= 0.6 is 0 Å². The molecular formula is C27H34N2O3. The minimum atomic E-state index is -0.174. The van der Waals surface area contributed by atoms with E-state index in [1.165, 1.54) is 4.90 Å². The van der Waals surface area contributed by atoms with E-state index in [2.05, 4.69) is 31.3 Å². The van der Waals surface area contributed by atoms with Gasteiger partial charge in [0.25, 0.3) is 11.8 Å². The number of hydrogen-bond donors (Lipinski definition) is 1. The van der Waals surface area contributed by atoms with Gasteiger partial charge in [0.2, 0.25) is 5.91 Å². The molecule has 1 aliphatic rings. The Hall–Kier alpha value is -2.95. The molecule has 0 saturated heterocycles. The molecule has 1 atom stereocenters. The first-order chi connectivity index (χ1) is 15.5. The first-order valence-corrected chi connectivity index (χ1v) is 11.8. The van der Waals surface area contributed by atoms with Crippen LogP contribution in [0.2, 0.25) is 0 Å². The van der Waals surface area contributed by atoms with Gasteiger partial charge in [-0.05, 0) is 36.5 Å². The highest BCUT2D eigenvalue weighted by molar-refractivity contribution is 6.21. The summed E-state index contributed by atoms with van der Waals surface area (Å²) < 4.78 is 0. The monoisotopic (exact) mass is 434 g/mol. The fourth-order valence-electron chi connectivity index (χ4n) is 4.25. The van der Waals surface area contributed by atoms with Gasteiger partial charge in [0, 0.05) is 13.0 Å². The van der Waals surface area contributed by atoms with Crippen molar-refractivity contribution in [2.45, 2.75) is 64.8 Å². The van der Waals surface area contributed by atoms with E-state index in [1.54, 1.807) is 24.3 Å². The van der Waals surface area contributed by atoms with Gasteiger partial charge in [0.05, 0.1) is 17.2 Å². The Morgan fingerprint density at radius 1 is 0.781 bits per heavy atom. The van der Waals surface area contributed by atoms with Gasteiger partial charge < -0.3 is 5.32 Å². The van der Waals surface area contributed by atoms with Crippen LogP contribution in [0, 0.1) is 5.92 Å². The number of imide groups is 1. The maximum absolute atomic E-state index is 12.4. The number of carbonyl (C=O) groups excluding carboxylic acids is 3. The highest BCUT2D eigenvalue weighted by atomic mass is 16.2. The molecular weight excluding hydrogens is 400 g/mol. The van der Waals surface area contributed by atoms with Gasteiger partial charge >= 0.3 is 0 Å². The molecule has 1 aliphatic heterocycles. The maximum Gasteiger partial charge on any atom is 0.261 e. The topological polar surface area (TPSA) is 66.5 Å². The summed E-state index contributed by atoms with van der Waals surface area (Å²) in [6, 6.07) is 17.2. The number of hydrogen-bond acceptors (Lipinski definition) is 3. The lowest BCUT2D eigenvalue weighted by atomic mass is 9.96. The number of carbonyl (C=O) groups is 3. The van der Waals surface area contributed by atoms with E-state index in [-0.39, 0.29) is 23.8 Å². The first-order valence-electron chi connectivity index (χ1n) is 11.8. The number of nitrogens with zero attached hydrogens (tertiary/aromatic N) is 1. The van der Waals surface area contributed by atoms with Crippen molar-refractivity contribution < 1.29 is 14.4 Å². The average Bonchev–Trinajstić information content (AvgIpc) is 3.04. The third kappa shape index (κ3) is 6.06. The minimum Gasteiger partial charge on any atom is -0.349 e. The molecule has 3 rings (SSSR count). The smallest absolute Gasteiger partial charge is 0.261 e. The van der Waals surface area contributed by atoms with Crippen LogP contribution in [0.4, 0.5) is 0 Å². The van der Waals surface area contributed by atoms with E-state index in [9.17, 15) is 14.4 Å². The molecule has 1 N–H and O–H groups in total. The molecule has 0 spiro atoms. The lowest BCUT2D eigenvalue weighted by molar-refractivity contribution is -0.122. The summed E-state index contributed by atoms with van der Waals surface area (Å²) in [6.07, 6.45) is 6.33. The highest BCUT2D eigenvalue weighted by Gasteiger charge is 2.34. The van der Waals surface area contributed by atoms with Gasteiger partial charge in [-0.3, -0.25) is 19.3 Å². The number of fused-ring (bicyclic) bond motifs is 1. The average molecular weight is 435 g/mol. The van der Waals surface area contributed by atoms with Gasteiger partial charge in [0.1, 0.15) is 0 Å². The Labute approximate surface area is 191 Å². The molecule has 1 unspecified atom stereocenters. The van der Waals surface area contributed by atoms with Crippen LogP contribution in [0.5, 0.6) is 0 Å². The molecule has 5 nitrogen and oxygen atoms in total. The predicted octanol–water partition coefficient (Wildman–Crippen LogP) is 5.53. The van der Waals surface area contributed by atoms with Crippen LogP contribution in [-0.4, -0.2) is 29.2 Å². The number of benzene rings is 2. The number of rotatable bonds is 12. The summed E-state index contributed by atoms with van der Waals surface area (Å²) in [5.41, 5.74) is 2.18. The van der Waals surface area contributed by atoms with Crippen molar-refractivity contribution in [2.24, 2.45) is 5.92 Å². The normalized spacial score (nSPS) is 14.0. The number of amides is 3. The fourth-order valence-corrected chi connectivity index (χ4v) is 4.25. The van der Waals surface area contributed by atoms with Crippen LogP contribution in [0.3, 0.4) is 0 Å². The van der Waals surface area contributed by atoms with Crippen molar-refractivity contribution in [1.82, 2.24) is 10.2 Å². The molecule has 2 aromatic rings. The van der Waals surface area contributed by atoms with E-state index in [0.29, 0.717) is 30.0 Å². The largest absolute Gasteiger partial charge is 0.349 e. The lowest BCUT2D eigenvalue weighted by Gasteiger charge is -2.23. The van der Waals surface area contributed by atoms with Crippen molar-refractivity contribution in [3.05, 3.63) is 71.3 Å². The Bertz CT molecular complexity index is 889. The first kappa shape index (κ1) is 23.7. The van der Waals surface area contributed by atoms with Crippen LogP contribution in [0.1, 0.15) is 91.1 Å². The molecule has 0 fully saturated rings. The Morgan fingerprint density at radius 3 is 1.91 bits per heavy atom. The van der Waals surface area contributed by atoms with Gasteiger partial charge in [0.15, 0.2) is 0 Å². The van der Waals surface area contributed by atoms with Crippen LogP contribution < -0.4 is 5.32 Å². The Morgan fingerprint density at radius 2 is 1.31 bits per heavy atom. The summed E-state index contributed by atoms with van der Waals surface area (Å²) in [7, 11) is 0. The van der Waals surface area contributed by atoms with Crippen molar-refractivity contribution >= 4 is 17.7 Å². The second-order valence-electron chi connectivity index (χ2n) is 8.88. The van der Waals surface area contributed by atoms with Crippen LogP contribution in [-0.2, 0) is 4.79 Å². The van der Waals surface area contributed by atoms with Crippen molar-refractivity contribution in [3.63, 3.8) is 0 Å².